The van der Waals surface area contributed by atoms with Gasteiger partial charge in [-0.1, -0.05) is 18.2 Å². The first-order valence-electron chi connectivity index (χ1n) is 9.42. The molecule has 0 fully saturated rings. The lowest BCUT2D eigenvalue weighted by Crippen LogP contribution is -2.50. The zero-order valence-corrected chi connectivity index (χ0v) is 17.3. The first kappa shape index (κ1) is 21.4. The SMILES string of the molecule is CCOC(=O)C1=C(N)OC(C)=C(C(=O)OCCOC)C12C(=O)N(C)c1ccccc12. The molecule has 2 heterocycles. The molecule has 160 valence electrons. The Labute approximate surface area is 174 Å². The molecule has 0 radical (unpaired) electrons. The van der Waals surface area contributed by atoms with Gasteiger partial charge in [0.25, 0.3) is 0 Å². The molecule has 1 aromatic carbocycles. The Morgan fingerprint density at radius 3 is 2.47 bits per heavy atom. The number of carbonyl (C=O) groups is 3. The van der Waals surface area contributed by atoms with Crippen LogP contribution >= 0.6 is 0 Å². The smallest absolute Gasteiger partial charge is 0.341 e. The molecule has 1 unspecified atom stereocenters. The predicted molar refractivity (Wildman–Crippen MR) is 106 cm³/mol. The van der Waals surface area contributed by atoms with Crippen molar-refractivity contribution in [1.29, 1.82) is 0 Å². The molecule has 0 aliphatic carbocycles. The van der Waals surface area contributed by atoms with Crippen LogP contribution in [0.1, 0.15) is 19.4 Å². The molecule has 0 saturated carbocycles. The Hall–Kier alpha value is -3.33. The van der Waals surface area contributed by atoms with E-state index in [1.165, 1.54) is 18.9 Å². The summed E-state index contributed by atoms with van der Waals surface area (Å²) in [7, 11) is 3.03. The number of carbonyl (C=O) groups excluding carboxylic acids is 3. The van der Waals surface area contributed by atoms with E-state index in [1.807, 2.05) is 0 Å². The number of fused-ring (bicyclic) bond motifs is 2. The monoisotopic (exact) mass is 416 g/mol. The van der Waals surface area contributed by atoms with E-state index >= 15 is 0 Å². The molecule has 2 aliphatic rings. The predicted octanol–water partition coefficient (Wildman–Crippen LogP) is 1.13. The number of amides is 1. The minimum absolute atomic E-state index is 0.0399. The van der Waals surface area contributed by atoms with E-state index in [1.54, 1.807) is 38.2 Å². The lowest BCUT2D eigenvalue weighted by molar-refractivity contribution is -0.144. The number of nitrogens with two attached hydrogens (primary N) is 1. The highest BCUT2D eigenvalue weighted by molar-refractivity contribution is 6.22. The Balaban J connectivity index is 2.30. The maximum atomic E-state index is 13.7. The number of benzene rings is 1. The van der Waals surface area contributed by atoms with E-state index in [9.17, 15) is 14.4 Å². The van der Waals surface area contributed by atoms with Crippen LogP contribution in [0.3, 0.4) is 0 Å². The number of para-hydroxylation sites is 1. The maximum Gasteiger partial charge on any atom is 0.341 e. The highest BCUT2D eigenvalue weighted by Gasteiger charge is 2.63. The van der Waals surface area contributed by atoms with Crippen molar-refractivity contribution in [1.82, 2.24) is 0 Å². The molecule has 0 aromatic heterocycles. The number of hydrogen-bond acceptors (Lipinski definition) is 8. The van der Waals surface area contributed by atoms with E-state index < -0.39 is 23.3 Å². The fourth-order valence-electron chi connectivity index (χ4n) is 3.93. The minimum atomic E-state index is -1.84. The Morgan fingerprint density at radius 1 is 1.13 bits per heavy atom. The Kier molecular flexibility index (Phi) is 5.84. The summed E-state index contributed by atoms with van der Waals surface area (Å²) in [6, 6.07) is 6.86. The van der Waals surface area contributed by atoms with Gasteiger partial charge in [0.2, 0.25) is 11.8 Å². The normalized spacial score (nSPS) is 20.4. The first-order valence-corrected chi connectivity index (χ1v) is 9.42. The van der Waals surface area contributed by atoms with Gasteiger partial charge in [-0.25, -0.2) is 9.59 Å². The molecule has 30 heavy (non-hydrogen) atoms. The summed E-state index contributed by atoms with van der Waals surface area (Å²) < 4.78 is 20.9. The molecule has 0 saturated heterocycles. The Bertz CT molecular complexity index is 966. The molecule has 1 amide bonds. The zero-order valence-electron chi connectivity index (χ0n) is 17.3. The van der Waals surface area contributed by atoms with Gasteiger partial charge in [0.05, 0.1) is 13.2 Å². The molecule has 2 N–H and O–H groups in total. The lowest BCUT2D eigenvalue weighted by Gasteiger charge is -2.36. The molecular formula is C21H24N2O7. The summed E-state index contributed by atoms with van der Waals surface area (Å²) in [6.45, 7) is 3.30. The number of rotatable bonds is 6. The van der Waals surface area contributed by atoms with E-state index in [0.29, 0.717) is 11.3 Å². The van der Waals surface area contributed by atoms with Crippen molar-refractivity contribution in [3.05, 3.63) is 52.6 Å². The van der Waals surface area contributed by atoms with Crippen LogP contribution in [0.15, 0.2) is 47.1 Å². The fraction of sp³-hybridized carbons (Fsp3) is 0.381. The molecule has 9 heteroatoms. The van der Waals surface area contributed by atoms with Crippen molar-refractivity contribution in [2.24, 2.45) is 5.73 Å². The molecule has 0 bridgehead atoms. The van der Waals surface area contributed by atoms with Gasteiger partial charge >= 0.3 is 11.9 Å². The molecule has 1 aromatic rings. The number of likely N-dealkylation sites (N-methyl/N-ethyl adjacent to an activating group) is 1. The van der Waals surface area contributed by atoms with E-state index in [0.717, 1.165) is 0 Å². The molecule has 1 atom stereocenters. The van der Waals surface area contributed by atoms with Gasteiger partial charge in [-0.2, -0.15) is 0 Å². The number of ether oxygens (including phenoxy) is 4. The minimum Gasteiger partial charge on any atom is -0.462 e. The van der Waals surface area contributed by atoms with Gasteiger partial charge in [-0.15, -0.1) is 0 Å². The standard InChI is InChI=1S/C21H24N2O7/c1-5-28-19(25)16-17(22)30-12(2)15(18(24)29-11-10-27-4)21(16)13-8-6-7-9-14(13)23(3)20(21)26/h6-9H,5,10-11,22H2,1-4H3. The highest BCUT2D eigenvalue weighted by Crippen LogP contribution is 2.54. The highest BCUT2D eigenvalue weighted by atomic mass is 16.6. The van der Waals surface area contributed by atoms with Gasteiger partial charge in [0, 0.05) is 25.4 Å². The number of nitrogens with zero attached hydrogens (tertiary/aromatic N) is 1. The van der Waals surface area contributed by atoms with Crippen LogP contribution in [-0.4, -0.2) is 51.8 Å². The second kappa shape index (κ2) is 8.19. The second-order valence-electron chi connectivity index (χ2n) is 6.75. The second-order valence-corrected chi connectivity index (χ2v) is 6.75. The van der Waals surface area contributed by atoms with Gasteiger partial charge in [-0.3, -0.25) is 4.79 Å². The van der Waals surface area contributed by atoms with Crippen molar-refractivity contribution in [2.75, 3.05) is 38.9 Å². The topological polar surface area (TPSA) is 117 Å². The summed E-state index contributed by atoms with van der Waals surface area (Å²) in [5.41, 5.74) is 4.85. The van der Waals surface area contributed by atoms with Crippen molar-refractivity contribution in [3.8, 4) is 0 Å². The van der Waals surface area contributed by atoms with Crippen molar-refractivity contribution in [2.45, 2.75) is 19.3 Å². The zero-order chi connectivity index (χ0) is 22.1. The number of allylic oxidation sites excluding steroid dienone is 1. The molecule has 9 nitrogen and oxygen atoms in total. The van der Waals surface area contributed by atoms with Crippen LogP contribution in [0.25, 0.3) is 0 Å². The van der Waals surface area contributed by atoms with Crippen LogP contribution in [0.5, 0.6) is 0 Å². The largest absolute Gasteiger partial charge is 0.462 e. The van der Waals surface area contributed by atoms with Crippen LogP contribution in [0, 0.1) is 0 Å². The van der Waals surface area contributed by atoms with Gasteiger partial charge in [-0.05, 0) is 19.9 Å². The van der Waals surface area contributed by atoms with E-state index in [4.69, 9.17) is 24.7 Å². The summed E-state index contributed by atoms with van der Waals surface area (Å²) >= 11 is 0. The summed E-state index contributed by atoms with van der Waals surface area (Å²) in [4.78, 5) is 41.2. The molecular weight excluding hydrogens is 392 g/mol. The molecule has 1 spiro atoms. The average Bonchev–Trinajstić information content (AvgIpc) is 2.91. The summed E-state index contributed by atoms with van der Waals surface area (Å²) in [5.74, 6) is -2.41. The third kappa shape index (κ3) is 3.02. The van der Waals surface area contributed by atoms with Crippen LogP contribution in [0.4, 0.5) is 5.69 Å². The van der Waals surface area contributed by atoms with Crippen molar-refractivity contribution in [3.63, 3.8) is 0 Å². The van der Waals surface area contributed by atoms with Crippen LogP contribution in [-0.2, 0) is 38.7 Å². The van der Waals surface area contributed by atoms with Gasteiger partial charge < -0.3 is 29.6 Å². The fourth-order valence-corrected chi connectivity index (χ4v) is 3.93. The number of hydrogen-bond donors (Lipinski definition) is 1. The van der Waals surface area contributed by atoms with Crippen molar-refractivity contribution < 1.29 is 33.3 Å². The first-order chi connectivity index (χ1) is 14.3. The number of anilines is 1. The summed E-state index contributed by atoms with van der Waals surface area (Å²) in [6.07, 6.45) is 0. The van der Waals surface area contributed by atoms with Gasteiger partial charge in [0.1, 0.15) is 28.9 Å². The number of esters is 2. The maximum absolute atomic E-state index is 13.7. The Morgan fingerprint density at radius 2 is 1.80 bits per heavy atom. The third-order valence-electron chi connectivity index (χ3n) is 5.11. The van der Waals surface area contributed by atoms with E-state index in [-0.39, 0.29) is 42.6 Å². The van der Waals surface area contributed by atoms with Crippen molar-refractivity contribution >= 4 is 23.5 Å². The number of methoxy groups -OCH3 is 1. The van der Waals surface area contributed by atoms with Crippen LogP contribution in [0.2, 0.25) is 0 Å². The summed E-state index contributed by atoms with van der Waals surface area (Å²) in [5, 5.41) is 0. The molecule has 3 rings (SSSR count). The quantitative estimate of drug-likeness (QED) is 0.542. The average molecular weight is 416 g/mol. The van der Waals surface area contributed by atoms with E-state index in [2.05, 4.69) is 0 Å². The lowest BCUT2D eigenvalue weighted by atomic mass is 9.67. The van der Waals surface area contributed by atoms with Gasteiger partial charge in [0.15, 0.2) is 0 Å². The molecule has 2 aliphatic heterocycles. The van der Waals surface area contributed by atoms with Crippen LogP contribution < -0.4 is 10.6 Å². The third-order valence-corrected chi connectivity index (χ3v) is 5.11.